The number of ether oxygens (including phenoxy) is 1. The summed E-state index contributed by atoms with van der Waals surface area (Å²) in [5.74, 6) is 0.884. The minimum atomic E-state index is -0.327. The molecule has 3 rings (SSSR count). The minimum absolute atomic E-state index is 0.327. The highest BCUT2D eigenvalue weighted by Crippen LogP contribution is 2.40. The van der Waals surface area contributed by atoms with Crippen molar-refractivity contribution in [3.8, 4) is 5.75 Å². The van der Waals surface area contributed by atoms with Crippen LogP contribution in [0.5, 0.6) is 5.75 Å². The molecule has 0 N–H and O–H groups in total. The normalized spacial score (nSPS) is 21.6. The van der Waals surface area contributed by atoms with Gasteiger partial charge in [-0.1, -0.05) is 6.07 Å². The van der Waals surface area contributed by atoms with E-state index in [9.17, 15) is 4.79 Å². The molecule has 104 valence electrons. The van der Waals surface area contributed by atoms with Crippen molar-refractivity contribution in [3.05, 3.63) is 41.0 Å². The molecule has 0 amide bonds. The molecule has 0 saturated heterocycles. The van der Waals surface area contributed by atoms with E-state index in [4.69, 9.17) is 4.74 Å². The van der Waals surface area contributed by atoms with Crippen LogP contribution in [0.25, 0.3) is 10.8 Å². The van der Waals surface area contributed by atoms with Gasteiger partial charge >= 0.3 is 0 Å². The molecular weight excluding hydrogens is 248 g/mol. The van der Waals surface area contributed by atoms with Gasteiger partial charge in [-0.3, -0.25) is 0 Å². The molecule has 0 aromatic heterocycles. The molecule has 0 heterocycles. The van der Waals surface area contributed by atoms with Crippen molar-refractivity contribution < 1.29 is 9.53 Å². The van der Waals surface area contributed by atoms with Crippen molar-refractivity contribution in [3.63, 3.8) is 0 Å². The number of hydrogen-bond acceptors (Lipinski definition) is 2. The fraction of sp³-hybridized carbons (Fsp3) is 0.389. The van der Waals surface area contributed by atoms with Crippen molar-refractivity contribution in [2.45, 2.75) is 38.5 Å². The highest BCUT2D eigenvalue weighted by molar-refractivity contribution is 5.90. The van der Waals surface area contributed by atoms with Gasteiger partial charge in [-0.2, -0.15) is 0 Å². The Morgan fingerprint density at radius 1 is 1.30 bits per heavy atom. The second kappa shape index (κ2) is 4.62. The molecule has 2 aromatic carbocycles. The number of aryl methyl sites for hydroxylation is 1. The number of hydrogen-bond donors (Lipinski definition) is 0. The molecular formula is C18H20O2. The quantitative estimate of drug-likeness (QED) is 0.771. The molecule has 1 aliphatic carbocycles. The maximum Gasteiger partial charge on any atom is 0.130 e. The molecule has 2 heteroatoms. The average Bonchev–Trinajstić information content (AvgIpc) is 2.48. The molecule has 2 aromatic rings. The second-order valence-corrected chi connectivity index (χ2v) is 6.00. The fourth-order valence-electron chi connectivity index (χ4n) is 3.44. The van der Waals surface area contributed by atoms with Crippen LogP contribution in [-0.4, -0.2) is 13.4 Å². The largest absolute Gasteiger partial charge is 0.497 e. The predicted molar refractivity (Wildman–Crippen MR) is 81.6 cm³/mol. The molecule has 1 aliphatic rings. The molecule has 0 unspecified atom stereocenters. The Morgan fingerprint density at radius 2 is 2.10 bits per heavy atom. The van der Waals surface area contributed by atoms with Gasteiger partial charge in [-0.25, -0.2) is 0 Å². The van der Waals surface area contributed by atoms with E-state index in [2.05, 4.69) is 32.0 Å². The lowest BCUT2D eigenvalue weighted by molar-refractivity contribution is -0.112. The van der Waals surface area contributed by atoms with Gasteiger partial charge in [0.15, 0.2) is 0 Å². The Labute approximate surface area is 119 Å². The van der Waals surface area contributed by atoms with Crippen LogP contribution in [0.4, 0.5) is 0 Å². The second-order valence-electron chi connectivity index (χ2n) is 6.00. The van der Waals surface area contributed by atoms with Crippen LogP contribution in [-0.2, 0) is 16.6 Å². The van der Waals surface area contributed by atoms with E-state index in [1.54, 1.807) is 7.11 Å². The summed E-state index contributed by atoms with van der Waals surface area (Å²) in [6, 6.07) is 8.36. The van der Waals surface area contributed by atoms with Gasteiger partial charge in [-0.05, 0) is 78.8 Å². The monoisotopic (exact) mass is 268 g/mol. The Hall–Kier alpha value is -1.83. The molecule has 0 bridgehead atoms. The summed E-state index contributed by atoms with van der Waals surface area (Å²) < 4.78 is 5.33. The van der Waals surface area contributed by atoms with E-state index in [0.29, 0.717) is 0 Å². The van der Waals surface area contributed by atoms with E-state index in [0.717, 1.165) is 31.3 Å². The summed E-state index contributed by atoms with van der Waals surface area (Å²) >= 11 is 0. The number of carbonyl (C=O) groups is 1. The van der Waals surface area contributed by atoms with Gasteiger partial charge in [0.25, 0.3) is 0 Å². The molecule has 0 aliphatic heterocycles. The summed E-state index contributed by atoms with van der Waals surface area (Å²) in [5, 5.41) is 2.43. The maximum atomic E-state index is 11.6. The number of benzene rings is 2. The smallest absolute Gasteiger partial charge is 0.130 e. The molecule has 2 nitrogen and oxygen atoms in total. The lowest BCUT2D eigenvalue weighted by Crippen LogP contribution is -2.29. The number of aldehydes is 1. The molecule has 1 atom stereocenters. The first kappa shape index (κ1) is 13.2. The molecule has 0 spiro atoms. The number of carbonyl (C=O) groups excluding carboxylic acids is 1. The first-order chi connectivity index (χ1) is 9.59. The van der Waals surface area contributed by atoms with E-state index in [1.165, 1.54) is 27.5 Å². The zero-order valence-corrected chi connectivity index (χ0v) is 12.3. The lowest BCUT2D eigenvalue weighted by Gasteiger charge is -2.32. The predicted octanol–water partition coefficient (Wildman–Crippen LogP) is 3.95. The third kappa shape index (κ3) is 1.82. The van der Waals surface area contributed by atoms with Gasteiger partial charge in [-0.15, -0.1) is 0 Å². The number of methoxy groups -OCH3 is 1. The molecule has 0 saturated carbocycles. The third-order valence-electron chi connectivity index (χ3n) is 4.74. The summed E-state index contributed by atoms with van der Waals surface area (Å²) in [6.45, 7) is 4.23. The Kier molecular flexibility index (Phi) is 3.04. The zero-order chi connectivity index (χ0) is 14.3. The zero-order valence-electron chi connectivity index (χ0n) is 12.3. The van der Waals surface area contributed by atoms with Crippen molar-refractivity contribution in [2.75, 3.05) is 7.11 Å². The minimum Gasteiger partial charge on any atom is -0.497 e. The van der Waals surface area contributed by atoms with Gasteiger partial charge in [0.2, 0.25) is 0 Å². The van der Waals surface area contributed by atoms with Crippen LogP contribution >= 0.6 is 0 Å². The van der Waals surface area contributed by atoms with Crippen molar-refractivity contribution >= 4 is 17.1 Å². The summed E-state index contributed by atoms with van der Waals surface area (Å²) in [4.78, 5) is 11.6. The number of rotatable bonds is 2. The summed E-state index contributed by atoms with van der Waals surface area (Å²) in [5.41, 5.74) is 3.54. The van der Waals surface area contributed by atoms with Crippen molar-refractivity contribution in [1.29, 1.82) is 0 Å². The Morgan fingerprint density at radius 3 is 2.80 bits per heavy atom. The standard InChI is InChI=1S/C18H20O2/c1-12-15-5-4-8-18(2,11-19)17(15)9-13-6-7-14(20-3)10-16(12)13/h6-7,9-11H,4-5,8H2,1-3H3/t18-/m0/s1. The first-order valence-corrected chi connectivity index (χ1v) is 7.16. The van der Waals surface area contributed by atoms with Crippen LogP contribution in [0.2, 0.25) is 0 Å². The summed E-state index contributed by atoms with van der Waals surface area (Å²) in [7, 11) is 1.69. The molecule has 20 heavy (non-hydrogen) atoms. The van der Waals surface area contributed by atoms with Crippen LogP contribution in [0.3, 0.4) is 0 Å². The maximum absolute atomic E-state index is 11.6. The average molecular weight is 268 g/mol. The van der Waals surface area contributed by atoms with E-state index >= 15 is 0 Å². The summed E-state index contributed by atoms with van der Waals surface area (Å²) in [6.07, 6.45) is 4.22. The third-order valence-corrected chi connectivity index (χ3v) is 4.74. The van der Waals surface area contributed by atoms with Crippen LogP contribution in [0.15, 0.2) is 24.3 Å². The van der Waals surface area contributed by atoms with Crippen LogP contribution in [0.1, 0.15) is 36.5 Å². The highest BCUT2D eigenvalue weighted by Gasteiger charge is 2.32. The SMILES string of the molecule is COc1ccc2cc3c(c(C)c2c1)CCC[C@@]3(C)C=O. The Bertz CT molecular complexity index is 687. The molecule has 0 radical (unpaired) electrons. The van der Waals surface area contributed by atoms with Crippen LogP contribution in [0, 0.1) is 6.92 Å². The topological polar surface area (TPSA) is 26.3 Å². The van der Waals surface area contributed by atoms with Crippen molar-refractivity contribution in [2.24, 2.45) is 0 Å². The van der Waals surface area contributed by atoms with E-state index in [1.807, 2.05) is 6.07 Å². The van der Waals surface area contributed by atoms with E-state index in [-0.39, 0.29) is 5.41 Å². The lowest BCUT2D eigenvalue weighted by atomic mass is 9.70. The highest BCUT2D eigenvalue weighted by atomic mass is 16.5. The van der Waals surface area contributed by atoms with E-state index < -0.39 is 0 Å². The van der Waals surface area contributed by atoms with Gasteiger partial charge < -0.3 is 9.53 Å². The Balaban J connectivity index is 2.32. The van der Waals surface area contributed by atoms with Crippen molar-refractivity contribution in [1.82, 2.24) is 0 Å². The first-order valence-electron chi connectivity index (χ1n) is 7.16. The molecule has 0 fully saturated rings. The van der Waals surface area contributed by atoms with Gasteiger partial charge in [0.1, 0.15) is 12.0 Å². The fourth-order valence-corrected chi connectivity index (χ4v) is 3.44. The van der Waals surface area contributed by atoms with Gasteiger partial charge in [0, 0.05) is 5.41 Å². The van der Waals surface area contributed by atoms with Gasteiger partial charge in [0.05, 0.1) is 7.11 Å². The number of fused-ring (bicyclic) bond motifs is 2. The van der Waals surface area contributed by atoms with Crippen LogP contribution < -0.4 is 4.74 Å².